The average molecular weight is 232 g/mol. The molecule has 2 aromatic rings. The van der Waals surface area contributed by atoms with E-state index in [1.807, 2.05) is 12.1 Å². The number of nitrogen functional groups attached to an aromatic ring is 1. The summed E-state index contributed by atoms with van der Waals surface area (Å²) in [5, 5.41) is 3.68. The third-order valence-electron chi connectivity index (χ3n) is 2.78. The standard InChI is InChI=1S/C13H16N2O2/c1-8(2)9-4-5-10(12(6-9)16-3)11-7-15-17-13(11)14/h4-8H,14H2,1-3H3. The van der Waals surface area contributed by atoms with E-state index in [0.717, 1.165) is 16.9 Å². The number of methoxy groups -OCH3 is 1. The monoisotopic (exact) mass is 232 g/mol. The zero-order valence-electron chi connectivity index (χ0n) is 10.2. The Balaban J connectivity index is 2.52. The number of rotatable bonds is 3. The predicted molar refractivity (Wildman–Crippen MR) is 67.0 cm³/mol. The quantitative estimate of drug-likeness (QED) is 0.883. The number of benzene rings is 1. The first-order valence-corrected chi connectivity index (χ1v) is 5.52. The van der Waals surface area contributed by atoms with Crippen molar-refractivity contribution in [2.75, 3.05) is 12.8 Å². The van der Waals surface area contributed by atoms with Crippen molar-refractivity contribution in [1.82, 2.24) is 5.16 Å². The van der Waals surface area contributed by atoms with Crippen LogP contribution in [0.1, 0.15) is 25.3 Å². The maximum absolute atomic E-state index is 5.71. The Hall–Kier alpha value is -1.97. The molecule has 1 heterocycles. The summed E-state index contributed by atoms with van der Waals surface area (Å²) >= 11 is 0. The van der Waals surface area contributed by atoms with Crippen LogP contribution in [0.4, 0.5) is 5.88 Å². The van der Waals surface area contributed by atoms with Crippen molar-refractivity contribution in [2.24, 2.45) is 0 Å². The minimum atomic E-state index is 0.306. The highest BCUT2D eigenvalue weighted by Crippen LogP contribution is 2.35. The van der Waals surface area contributed by atoms with Gasteiger partial charge < -0.3 is 15.0 Å². The number of hydrogen-bond acceptors (Lipinski definition) is 4. The molecule has 0 amide bonds. The molecule has 0 saturated carbocycles. The van der Waals surface area contributed by atoms with E-state index < -0.39 is 0 Å². The van der Waals surface area contributed by atoms with Crippen LogP contribution >= 0.6 is 0 Å². The SMILES string of the molecule is COc1cc(C(C)C)ccc1-c1cnoc1N. The van der Waals surface area contributed by atoms with Gasteiger partial charge in [0.25, 0.3) is 0 Å². The molecule has 0 aliphatic heterocycles. The molecule has 1 aromatic heterocycles. The molecular formula is C13H16N2O2. The summed E-state index contributed by atoms with van der Waals surface area (Å²) in [5.74, 6) is 1.55. The lowest BCUT2D eigenvalue weighted by Gasteiger charge is -2.11. The van der Waals surface area contributed by atoms with E-state index in [-0.39, 0.29) is 0 Å². The lowest BCUT2D eigenvalue weighted by molar-refractivity contribution is 0.415. The Kier molecular flexibility index (Phi) is 3.04. The van der Waals surface area contributed by atoms with Gasteiger partial charge in [-0.25, -0.2) is 0 Å². The molecule has 0 spiro atoms. The third-order valence-corrected chi connectivity index (χ3v) is 2.78. The molecule has 0 radical (unpaired) electrons. The van der Waals surface area contributed by atoms with Crippen molar-refractivity contribution in [1.29, 1.82) is 0 Å². The number of nitrogens with zero attached hydrogens (tertiary/aromatic N) is 1. The second-order valence-electron chi connectivity index (χ2n) is 4.22. The Morgan fingerprint density at radius 3 is 2.59 bits per heavy atom. The first-order chi connectivity index (χ1) is 8.13. The van der Waals surface area contributed by atoms with Gasteiger partial charge in [-0.05, 0) is 17.5 Å². The Morgan fingerprint density at radius 1 is 1.29 bits per heavy atom. The summed E-state index contributed by atoms with van der Waals surface area (Å²) in [6.07, 6.45) is 1.60. The van der Waals surface area contributed by atoms with E-state index in [1.54, 1.807) is 13.3 Å². The summed E-state index contributed by atoms with van der Waals surface area (Å²) < 4.78 is 10.3. The van der Waals surface area contributed by atoms with Crippen LogP contribution in [0, 0.1) is 0 Å². The fourth-order valence-electron chi connectivity index (χ4n) is 1.74. The molecule has 4 nitrogen and oxygen atoms in total. The van der Waals surface area contributed by atoms with Crippen molar-refractivity contribution in [3.8, 4) is 16.9 Å². The van der Waals surface area contributed by atoms with Gasteiger partial charge in [0.2, 0.25) is 5.88 Å². The van der Waals surface area contributed by atoms with E-state index >= 15 is 0 Å². The fraction of sp³-hybridized carbons (Fsp3) is 0.308. The molecule has 4 heteroatoms. The van der Waals surface area contributed by atoms with Crippen LogP contribution in [0.5, 0.6) is 5.75 Å². The summed E-state index contributed by atoms with van der Waals surface area (Å²) in [7, 11) is 1.65. The van der Waals surface area contributed by atoms with Crippen LogP contribution in [0.15, 0.2) is 28.9 Å². The summed E-state index contributed by atoms with van der Waals surface area (Å²) in [5.41, 5.74) is 8.59. The minimum absolute atomic E-state index is 0.306. The molecule has 1 aromatic carbocycles. The number of aromatic nitrogens is 1. The predicted octanol–water partition coefficient (Wildman–Crippen LogP) is 3.06. The van der Waals surface area contributed by atoms with Crippen molar-refractivity contribution in [3.63, 3.8) is 0 Å². The van der Waals surface area contributed by atoms with Crippen molar-refractivity contribution >= 4 is 5.88 Å². The molecule has 0 atom stereocenters. The number of anilines is 1. The van der Waals surface area contributed by atoms with Crippen molar-refractivity contribution in [2.45, 2.75) is 19.8 Å². The molecule has 2 N–H and O–H groups in total. The van der Waals surface area contributed by atoms with E-state index in [1.165, 1.54) is 5.56 Å². The molecule has 0 saturated heterocycles. The lowest BCUT2D eigenvalue weighted by atomic mass is 9.99. The van der Waals surface area contributed by atoms with Crippen LogP contribution in [0.3, 0.4) is 0 Å². The van der Waals surface area contributed by atoms with E-state index in [0.29, 0.717) is 11.8 Å². The summed E-state index contributed by atoms with van der Waals surface area (Å²) in [6, 6.07) is 6.07. The number of nitrogens with two attached hydrogens (primary N) is 1. The fourth-order valence-corrected chi connectivity index (χ4v) is 1.74. The van der Waals surface area contributed by atoms with Gasteiger partial charge in [0, 0.05) is 5.56 Å². The maximum Gasteiger partial charge on any atom is 0.230 e. The van der Waals surface area contributed by atoms with Gasteiger partial charge in [0.15, 0.2) is 0 Å². The van der Waals surface area contributed by atoms with Crippen LogP contribution in [-0.2, 0) is 0 Å². The highest BCUT2D eigenvalue weighted by molar-refractivity contribution is 5.77. The number of ether oxygens (including phenoxy) is 1. The second-order valence-corrected chi connectivity index (χ2v) is 4.22. The van der Waals surface area contributed by atoms with Gasteiger partial charge >= 0.3 is 0 Å². The van der Waals surface area contributed by atoms with Gasteiger partial charge in [0.1, 0.15) is 5.75 Å². The first kappa shape index (κ1) is 11.5. The van der Waals surface area contributed by atoms with Gasteiger partial charge in [-0.3, -0.25) is 0 Å². The Morgan fingerprint density at radius 2 is 2.06 bits per heavy atom. The van der Waals surface area contributed by atoms with E-state index in [2.05, 4.69) is 25.1 Å². The molecule has 0 bridgehead atoms. The summed E-state index contributed by atoms with van der Waals surface area (Å²) in [4.78, 5) is 0. The largest absolute Gasteiger partial charge is 0.496 e. The average Bonchev–Trinajstić information content (AvgIpc) is 2.74. The lowest BCUT2D eigenvalue weighted by Crippen LogP contribution is -1.93. The first-order valence-electron chi connectivity index (χ1n) is 5.52. The molecular weight excluding hydrogens is 216 g/mol. The maximum atomic E-state index is 5.71. The van der Waals surface area contributed by atoms with Crippen LogP contribution < -0.4 is 10.5 Å². The van der Waals surface area contributed by atoms with Crippen LogP contribution in [-0.4, -0.2) is 12.3 Å². The van der Waals surface area contributed by atoms with Crippen LogP contribution in [0.25, 0.3) is 11.1 Å². The molecule has 90 valence electrons. The molecule has 0 unspecified atom stereocenters. The molecule has 0 fully saturated rings. The van der Waals surface area contributed by atoms with Gasteiger partial charge in [-0.15, -0.1) is 0 Å². The van der Waals surface area contributed by atoms with E-state index in [9.17, 15) is 0 Å². The van der Waals surface area contributed by atoms with Gasteiger partial charge in [-0.1, -0.05) is 31.1 Å². The Labute approximate surface area is 100 Å². The number of hydrogen-bond donors (Lipinski definition) is 1. The van der Waals surface area contributed by atoms with Crippen LogP contribution in [0.2, 0.25) is 0 Å². The topological polar surface area (TPSA) is 61.3 Å². The third kappa shape index (κ3) is 2.11. The van der Waals surface area contributed by atoms with Crippen molar-refractivity contribution < 1.29 is 9.26 Å². The highest BCUT2D eigenvalue weighted by atomic mass is 16.5. The zero-order valence-corrected chi connectivity index (χ0v) is 10.2. The molecule has 0 aliphatic carbocycles. The highest BCUT2D eigenvalue weighted by Gasteiger charge is 2.13. The molecule has 0 aliphatic rings. The minimum Gasteiger partial charge on any atom is -0.496 e. The van der Waals surface area contributed by atoms with Gasteiger partial charge in [0.05, 0.1) is 18.9 Å². The Bertz CT molecular complexity index is 518. The molecule has 17 heavy (non-hydrogen) atoms. The smallest absolute Gasteiger partial charge is 0.230 e. The van der Waals surface area contributed by atoms with E-state index in [4.69, 9.17) is 15.0 Å². The van der Waals surface area contributed by atoms with Gasteiger partial charge in [-0.2, -0.15) is 0 Å². The second kappa shape index (κ2) is 4.49. The molecule has 2 rings (SSSR count). The normalized spacial score (nSPS) is 10.8. The zero-order chi connectivity index (χ0) is 12.4. The summed E-state index contributed by atoms with van der Waals surface area (Å²) in [6.45, 7) is 4.28. The van der Waals surface area contributed by atoms with Crippen molar-refractivity contribution in [3.05, 3.63) is 30.0 Å².